The fraction of sp³-hybridized carbons (Fsp3) is 0.308. The average Bonchev–Trinajstić information content (AvgIpc) is 2.99. The van der Waals surface area contributed by atoms with Crippen LogP contribution in [0.2, 0.25) is 0 Å². The van der Waals surface area contributed by atoms with Crippen LogP contribution < -0.4 is 5.32 Å². The van der Waals surface area contributed by atoms with Crippen molar-refractivity contribution in [1.29, 1.82) is 0 Å². The van der Waals surface area contributed by atoms with Crippen LogP contribution in [0.1, 0.15) is 0 Å². The molecule has 3 aromatic rings. The van der Waals surface area contributed by atoms with Crippen LogP contribution in [0.3, 0.4) is 0 Å². The number of ether oxygens (including phenoxy) is 1. The van der Waals surface area contributed by atoms with Gasteiger partial charge in [0.05, 0.1) is 30.4 Å². The summed E-state index contributed by atoms with van der Waals surface area (Å²) in [6, 6.07) is 7.91. The lowest BCUT2D eigenvalue weighted by Crippen LogP contribution is -2.30. The number of benzene rings is 1. The van der Waals surface area contributed by atoms with Crippen molar-refractivity contribution < 1.29 is 4.74 Å². The summed E-state index contributed by atoms with van der Waals surface area (Å²) in [5.74, 6) is 0. The lowest BCUT2D eigenvalue weighted by atomic mass is 10.3. The second-order valence-corrected chi connectivity index (χ2v) is 4.17. The molecule has 4 rings (SSSR count). The highest BCUT2D eigenvalue weighted by atomic mass is 16.5. The number of aromatic nitrogens is 4. The number of hydrogen-bond donors (Lipinski definition) is 1. The van der Waals surface area contributed by atoms with Crippen molar-refractivity contribution in [2.45, 2.75) is 0 Å². The summed E-state index contributed by atoms with van der Waals surface area (Å²) in [4.78, 5) is 4.26. The van der Waals surface area contributed by atoms with E-state index in [2.05, 4.69) is 20.5 Å². The van der Waals surface area contributed by atoms with Gasteiger partial charge in [-0.1, -0.05) is 12.1 Å². The third-order valence-corrected chi connectivity index (χ3v) is 2.88. The molecule has 1 aromatic carbocycles. The first kappa shape index (κ1) is 12.0. The smallest absolute Gasteiger partial charge is 0.179 e. The number of rotatable bonds is 0. The Labute approximate surface area is 110 Å². The van der Waals surface area contributed by atoms with Gasteiger partial charge >= 0.3 is 0 Å². The normalized spacial score (nSPS) is 15.2. The number of fused-ring (bicyclic) bond motifs is 3. The Kier molecular flexibility index (Phi) is 3.62. The summed E-state index contributed by atoms with van der Waals surface area (Å²) in [6.45, 7) is 3.83. The maximum absolute atomic E-state index is 5.01. The van der Waals surface area contributed by atoms with E-state index in [4.69, 9.17) is 4.74 Å². The van der Waals surface area contributed by atoms with E-state index in [9.17, 15) is 0 Å². The van der Waals surface area contributed by atoms with Crippen LogP contribution in [-0.2, 0) is 4.74 Å². The molecule has 19 heavy (non-hydrogen) atoms. The molecule has 1 saturated heterocycles. The van der Waals surface area contributed by atoms with Crippen LogP contribution in [0.5, 0.6) is 0 Å². The standard InChI is InChI=1S/C9H6N4.C4H9NO/c1-2-4-8-7(3-1)10-5-9-12-11-6-13(8)9;1-3-6-4-2-5-1/h1-6H;5H,1-4H2. The van der Waals surface area contributed by atoms with Crippen LogP contribution in [0.15, 0.2) is 36.8 Å². The fourth-order valence-corrected chi connectivity index (χ4v) is 1.94. The summed E-state index contributed by atoms with van der Waals surface area (Å²) in [5, 5.41) is 10.9. The van der Waals surface area contributed by atoms with Crippen molar-refractivity contribution in [2.75, 3.05) is 26.3 Å². The summed E-state index contributed by atoms with van der Waals surface area (Å²) < 4.78 is 6.93. The van der Waals surface area contributed by atoms with Crippen LogP contribution in [0, 0.1) is 0 Å². The van der Waals surface area contributed by atoms with Crippen molar-refractivity contribution in [3.05, 3.63) is 36.8 Å². The quantitative estimate of drug-likeness (QED) is 0.648. The van der Waals surface area contributed by atoms with Crippen molar-refractivity contribution in [3.8, 4) is 0 Å². The Morgan fingerprint density at radius 3 is 2.74 bits per heavy atom. The van der Waals surface area contributed by atoms with Gasteiger partial charge in [0, 0.05) is 13.1 Å². The van der Waals surface area contributed by atoms with Gasteiger partial charge in [0.1, 0.15) is 6.33 Å². The average molecular weight is 257 g/mol. The van der Waals surface area contributed by atoms with E-state index in [0.717, 1.165) is 43.0 Å². The summed E-state index contributed by atoms with van der Waals surface area (Å²) in [6.07, 6.45) is 3.41. The predicted octanol–water partition coefficient (Wildman–Crippen LogP) is 0.884. The molecule has 0 atom stereocenters. The molecule has 0 unspecified atom stereocenters. The van der Waals surface area contributed by atoms with Gasteiger partial charge < -0.3 is 10.1 Å². The zero-order chi connectivity index (χ0) is 12.9. The van der Waals surface area contributed by atoms with Gasteiger partial charge in [-0.05, 0) is 12.1 Å². The molecule has 1 aliphatic rings. The lowest BCUT2D eigenvalue weighted by Gasteiger charge is -2.10. The monoisotopic (exact) mass is 257 g/mol. The van der Waals surface area contributed by atoms with Gasteiger partial charge in [0.25, 0.3) is 0 Å². The largest absolute Gasteiger partial charge is 0.379 e. The minimum atomic E-state index is 0.777. The Bertz CT molecular complexity index is 650. The molecule has 6 heteroatoms. The minimum Gasteiger partial charge on any atom is -0.379 e. The molecule has 0 aliphatic carbocycles. The predicted molar refractivity (Wildman–Crippen MR) is 72.0 cm³/mol. The van der Waals surface area contributed by atoms with Gasteiger partial charge in [-0.3, -0.25) is 9.38 Å². The molecule has 0 radical (unpaired) electrons. The SMILES string of the molecule is C1COCCN1.c1ccc2c(c1)ncc1nncn12. The molecule has 0 spiro atoms. The van der Waals surface area contributed by atoms with E-state index in [1.807, 2.05) is 28.7 Å². The number of morpholine rings is 1. The van der Waals surface area contributed by atoms with E-state index in [1.54, 1.807) is 12.5 Å². The van der Waals surface area contributed by atoms with Crippen molar-refractivity contribution >= 4 is 16.7 Å². The number of nitrogens with zero attached hydrogens (tertiary/aromatic N) is 4. The van der Waals surface area contributed by atoms with Gasteiger partial charge in [0.2, 0.25) is 0 Å². The Morgan fingerprint density at radius 1 is 1.16 bits per heavy atom. The third kappa shape index (κ3) is 2.69. The second kappa shape index (κ2) is 5.73. The molecule has 98 valence electrons. The Hall–Kier alpha value is -2.05. The maximum atomic E-state index is 5.01. The third-order valence-electron chi connectivity index (χ3n) is 2.88. The Morgan fingerprint density at radius 2 is 2.00 bits per heavy atom. The van der Waals surface area contributed by atoms with Crippen LogP contribution in [0.4, 0.5) is 0 Å². The van der Waals surface area contributed by atoms with Gasteiger partial charge in [-0.2, -0.15) is 0 Å². The van der Waals surface area contributed by atoms with Gasteiger partial charge in [0.15, 0.2) is 5.65 Å². The van der Waals surface area contributed by atoms with E-state index in [1.165, 1.54) is 0 Å². The first-order valence-corrected chi connectivity index (χ1v) is 6.27. The maximum Gasteiger partial charge on any atom is 0.179 e. The zero-order valence-corrected chi connectivity index (χ0v) is 10.5. The van der Waals surface area contributed by atoms with Crippen LogP contribution in [0.25, 0.3) is 16.7 Å². The lowest BCUT2D eigenvalue weighted by molar-refractivity contribution is 0.109. The van der Waals surface area contributed by atoms with Crippen molar-refractivity contribution in [1.82, 2.24) is 24.9 Å². The van der Waals surface area contributed by atoms with Crippen molar-refractivity contribution in [2.24, 2.45) is 0 Å². The Balaban J connectivity index is 0.000000155. The summed E-state index contributed by atoms with van der Waals surface area (Å²) in [7, 11) is 0. The van der Waals surface area contributed by atoms with Gasteiger partial charge in [-0.15, -0.1) is 10.2 Å². The molecule has 1 N–H and O–H groups in total. The topological polar surface area (TPSA) is 64.3 Å². The molecule has 1 aliphatic heterocycles. The number of nitrogens with one attached hydrogen (secondary N) is 1. The molecule has 0 bridgehead atoms. The first-order valence-electron chi connectivity index (χ1n) is 6.27. The number of hydrogen-bond acceptors (Lipinski definition) is 5. The fourth-order valence-electron chi connectivity index (χ4n) is 1.94. The highest BCUT2D eigenvalue weighted by Gasteiger charge is 1.99. The molecule has 3 heterocycles. The molecular weight excluding hydrogens is 242 g/mol. The first-order chi connectivity index (χ1) is 9.45. The summed E-state index contributed by atoms with van der Waals surface area (Å²) in [5.41, 5.74) is 2.76. The van der Waals surface area contributed by atoms with E-state index in [-0.39, 0.29) is 0 Å². The minimum absolute atomic E-state index is 0.777. The van der Waals surface area contributed by atoms with E-state index in [0.29, 0.717) is 0 Å². The van der Waals surface area contributed by atoms with Crippen LogP contribution in [-0.4, -0.2) is 45.9 Å². The molecule has 0 amide bonds. The molecule has 1 fully saturated rings. The van der Waals surface area contributed by atoms with E-state index >= 15 is 0 Å². The number of para-hydroxylation sites is 2. The molecule has 2 aromatic heterocycles. The van der Waals surface area contributed by atoms with Crippen LogP contribution >= 0.6 is 0 Å². The highest BCUT2D eigenvalue weighted by Crippen LogP contribution is 2.11. The molecule has 6 nitrogen and oxygen atoms in total. The highest BCUT2D eigenvalue weighted by molar-refractivity contribution is 5.76. The van der Waals surface area contributed by atoms with Crippen molar-refractivity contribution in [3.63, 3.8) is 0 Å². The molecule has 0 saturated carbocycles. The zero-order valence-electron chi connectivity index (χ0n) is 10.5. The molecular formula is C13H15N5O. The second-order valence-electron chi connectivity index (χ2n) is 4.17. The van der Waals surface area contributed by atoms with E-state index < -0.39 is 0 Å². The summed E-state index contributed by atoms with van der Waals surface area (Å²) >= 11 is 0. The van der Waals surface area contributed by atoms with Gasteiger partial charge in [-0.25, -0.2) is 0 Å².